The summed E-state index contributed by atoms with van der Waals surface area (Å²) in [6.07, 6.45) is 5.82. The minimum absolute atomic E-state index is 0.286. The smallest absolute Gasteiger partial charge is 0.108 e. The maximum Gasteiger partial charge on any atom is 0.108 e. The van der Waals surface area contributed by atoms with Crippen molar-refractivity contribution in [2.45, 2.75) is 6.10 Å². The Morgan fingerprint density at radius 3 is 2.93 bits per heavy atom. The van der Waals surface area contributed by atoms with Gasteiger partial charge >= 0.3 is 0 Å². The van der Waals surface area contributed by atoms with Gasteiger partial charge in [0, 0.05) is 18.0 Å². The molecule has 2 heterocycles. The molecule has 1 fully saturated rings. The van der Waals surface area contributed by atoms with Gasteiger partial charge in [-0.15, -0.1) is 0 Å². The largest absolute Gasteiger partial charge is 0.368 e. The van der Waals surface area contributed by atoms with Gasteiger partial charge in [-0.3, -0.25) is 0 Å². The molecule has 3 nitrogen and oxygen atoms in total. The zero-order valence-corrected chi connectivity index (χ0v) is 7.63. The van der Waals surface area contributed by atoms with Gasteiger partial charge in [-0.05, 0) is 6.07 Å². The van der Waals surface area contributed by atoms with Gasteiger partial charge < -0.3 is 9.30 Å². The van der Waals surface area contributed by atoms with Crippen molar-refractivity contribution in [2.75, 3.05) is 6.61 Å². The van der Waals surface area contributed by atoms with E-state index in [0.29, 0.717) is 0 Å². The fourth-order valence-corrected chi connectivity index (χ4v) is 1.62. The highest BCUT2D eigenvalue weighted by atomic mass is 16.6. The second kappa shape index (κ2) is 2.96. The maximum atomic E-state index is 5.30. The lowest BCUT2D eigenvalue weighted by Crippen LogP contribution is -1.95. The molecule has 0 radical (unpaired) electrons. The van der Waals surface area contributed by atoms with Crippen molar-refractivity contribution in [1.82, 2.24) is 9.55 Å². The van der Waals surface area contributed by atoms with Crippen LogP contribution in [-0.4, -0.2) is 16.2 Å². The average Bonchev–Trinajstić information content (AvgIpc) is 2.94. The molecular formula is C11H10N2O. The van der Waals surface area contributed by atoms with E-state index in [1.54, 1.807) is 12.5 Å². The van der Waals surface area contributed by atoms with Gasteiger partial charge in [0.2, 0.25) is 0 Å². The zero-order valence-electron chi connectivity index (χ0n) is 7.63. The molecule has 3 rings (SSSR count). The number of rotatable bonds is 2. The standard InChI is InChI=1S/C11H10N2O/c1-2-4-10(13-6-5-12-8-13)9(3-1)11-7-14-11/h1-6,8,11H,7H2. The highest BCUT2D eigenvalue weighted by Crippen LogP contribution is 2.33. The molecule has 0 bridgehead atoms. The van der Waals surface area contributed by atoms with Gasteiger partial charge in [0.15, 0.2) is 0 Å². The van der Waals surface area contributed by atoms with E-state index in [4.69, 9.17) is 4.74 Å². The number of ether oxygens (including phenoxy) is 1. The van der Waals surface area contributed by atoms with Crippen LogP contribution >= 0.6 is 0 Å². The fourth-order valence-electron chi connectivity index (χ4n) is 1.62. The van der Waals surface area contributed by atoms with E-state index in [2.05, 4.69) is 17.1 Å². The van der Waals surface area contributed by atoms with E-state index in [-0.39, 0.29) is 6.10 Å². The summed E-state index contributed by atoms with van der Waals surface area (Å²) in [5, 5.41) is 0. The molecule has 2 aromatic rings. The highest BCUT2D eigenvalue weighted by molar-refractivity contribution is 5.43. The van der Waals surface area contributed by atoms with Gasteiger partial charge in [0.1, 0.15) is 6.10 Å². The number of benzene rings is 1. The molecule has 3 heteroatoms. The summed E-state index contributed by atoms with van der Waals surface area (Å²) in [7, 11) is 0. The first-order chi connectivity index (χ1) is 6.95. The Kier molecular flexibility index (Phi) is 1.64. The number of para-hydroxylation sites is 1. The third kappa shape index (κ3) is 1.22. The maximum absolute atomic E-state index is 5.30. The third-order valence-corrected chi connectivity index (χ3v) is 2.40. The van der Waals surface area contributed by atoms with E-state index in [9.17, 15) is 0 Å². The number of hydrogen-bond donors (Lipinski definition) is 0. The molecule has 1 saturated heterocycles. The van der Waals surface area contributed by atoms with Crippen LogP contribution in [0.3, 0.4) is 0 Å². The van der Waals surface area contributed by atoms with Crippen molar-refractivity contribution >= 4 is 0 Å². The van der Waals surface area contributed by atoms with Crippen LogP contribution in [0, 0.1) is 0 Å². The van der Waals surface area contributed by atoms with Crippen LogP contribution in [0.1, 0.15) is 11.7 Å². The Balaban J connectivity index is 2.12. The fraction of sp³-hybridized carbons (Fsp3) is 0.182. The molecule has 0 N–H and O–H groups in total. The minimum Gasteiger partial charge on any atom is -0.368 e. The molecule has 0 amide bonds. The molecule has 0 aliphatic carbocycles. The molecule has 70 valence electrons. The van der Waals surface area contributed by atoms with E-state index >= 15 is 0 Å². The predicted molar refractivity (Wildman–Crippen MR) is 52.3 cm³/mol. The van der Waals surface area contributed by atoms with Gasteiger partial charge in [0.05, 0.1) is 18.6 Å². The summed E-state index contributed by atoms with van der Waals surface area (Å²) < 4.78 is 7.31. The van der Waals surface area contributed by atoms with Gasteiger partial charge in [-0.25, -0.2) is 4.98 Å². The number of hydrogen-bond acceptors (Lipinski definition) is 2. The van der Waals surface area contributed by atoms with Gasteiger partial charge in [-0.1, -0.05) is 18.2 Å². The molecule has 14 heavy (non-hydrogen) atoms. The summed E-state index contributed by atoms with van der Waals surface area (Å²) >= 11 is 0. The average molecular weight is 186 g/mol. The number of imidazole rings is 1. The Morgan fingerprint density at radius 2 is 2.21 bits per heavy atom. The van der Waals surface area contributed by atoms with Gasteiger partial charge in [-0.2, -0.15) is 0 Å². The van der Waals surface area contributed by atoms with Gasteiger partial charge in [0.25, 0.3) is 0 Å². The van der Waals surface area contributed by atoms with E-state index in [1.807, 2.05) is 22.9 Å². The molecule has 1 unspecified atom stereocenters. The van der Waals surface area contributed by atoms with Crippen molar-refractivity contribution in [3.05, 3.63) is 48.5 Å². The lowest BCUT2D eigenvalue weighted by molar-refractivity contribution is 0.415. The van der Waals surface area contributed by atoms with Crippen LogP contribution in [0.2, 0.25) is 0 Å². The summed E-state index contributed by atoms with van der Waals surface area (Å²) in [6.45, 7) is 0.839. The second-order valence-corrected chi connectivity index (χ2v) is 3.35. The summed E-state index contributed by atoms with van der Waals surface area (Å²) in [5.74, 6) is 0. The predicted octanol–water partition coefficient (Wildman–Crippen LogP) is 1.94. The number of nitrogens with zero attached hydrogens (tertiary/aromatic N) is 2. The number of aromatic nitrogens is 2. The molecular weight excluding hydrogens is 176 g/mol. The highest BCUT2D eigenvalue weighted by Gasteiger charge is 2.27. The zero-order chi connectivity index (χ0) is 9.38. The normalized spacial score (nSPS) is 19.6. The molecule has 1 aromatic heterocycles. The van der Waals surface area contributed by atoms with E-state index < -0.39 is 0 Å². The first-order valence-corrected chi connectivity index (χ1v) is 4.64. The Hall–Kier alpha value is -1.61. The van der Waals surface area contributed by atoms with Crippen molar-refractivity contribution < 1.29 is 4.74 Å². The monoisotopic (exact) mass is 186 g/mol. The third-order valence-electron chi connectivity index (χ3n) is 2.40. The van der Waals surface area contributed by atoms with Crippen LogP contribution in [-0.2, 0) is 4.74 Å². The molecule has 1 aliphatic heterocycles. The lowest BCUT2D eigenvalue weighted by Gasteiger charge is -2.06. The minimum atomic E-state index is 0.286. The van der Waals surface area contributed by atoms with E-state index in [1.165, 1.54) is 5.56 Å². The topological polar surface area (TPSA) is 30.4 Å². The molecule has 0 spiro atoms. The van der Waals surface area contributed by atoms with Crippen molar-refractivity contribution in [1.29, 1.82) is 0 Å². The molecule has 1 aromatic carbocycles. The van der Waals surface area contributed by atoms with Crippen LogP contribution < -0.4 is 0 Å². The first-order valence-electron chi connectivity index (χ1n) is 4.64. The number of epoxide rings is 1. The van der Waals surface area contributed by atoms with Crippen LogP contribution in [0.4, 0.5) is 0 Å². The van der Waals surface area contributed by atoms with Crippen molar-refractivity contribution in [2.24, 2.45) is 0 Å². The molecule has 0 saturated carbocycles. The lowest BCUT2D eigenvalue weighted by atomic mass is 10.1. The Bertz CT molecular complexity index is 432. The van der Waals surface area contributed by atoms with Crippen LogP contribution in [0.25, 0.3) is 5.69 Å². The van der Waals surface area contributed by atoms with E-state index in [0.717, 1.165) is 12.3 Å². The summed E-state index contributed by atoms with van der Waals surface area (Å²) in [5.41, 5.74) is 2.40. The van der Waals surface area contributed by atoms with Crippen molar-refractivity contribution in [3.8, 4) is 5.69 Å². The quantitative estimate of drug-likeness (QED) is 0.671. The molecule has 1 aliphatic rings. The Morgan fingerprint density at radius 1 is 1.36 bits per heavy atom. The first kappa shape index (κ1) is 7.76. The summed E-state index contributed by atoms with van der Waals surface area (Å²) in [6, 6.07) is 8.25. The SMILES string of the molecule is c1ccc(-n2ccnc2)c(C2CO2)c1. The Labute approximate surface area is 82.0 Å². The van der Waals surface area contributed by atoms with Crippen molar-refractivity contribution in [3.63, 3.8) is 0 Å². The van der Waals surface area contributed by atoms with Crippen LogP contribution in [0.15, 0.2) is 43.0 Å². The molecule has 1 atom stereocenters. The van der Waals surface area contributed by atoms with Crippen LogP contribution in [0.5, 0.6) is 0 Å². The summed E-state index contributed by atoms with van der Waals surface area (Å²) in [4.78, 5) is 4.04. The second-order valence-electron chi connectivity index (χ2n) is 3.35.